The van der Waals surface area contributed by atoms with Crippen molar-refractivity contribution in [2.75, 3.05) is 0 Å². The molecule has 0 bridgehead atoms. The molecule has 0 spiro atoms. The van der Waals surface area contributed by atoms with Crippen molar-refractivity contribution in [3.05, 3.63) is 41.4 Å². The van der Waals surface area contributed by atoms with Crippen molar-refractivity contribution in [1.29, 1.82) is 5.26 Å². The third-order valence-electron chi connectivity index (χ3n) is 3.15. The summed E-state index contributed by atoms with van der Waals surface area (Å²) in [6, 6.07) is 7.48. The van der Waals surface area contributed by atoms with E-state index in [0.717, 1.165) is 24.0 Å². The molecule has 0 atom stereocenters. The van der Waals surface area contributed by atoms with E-state index in [1.807, 2.05) is 6.07 Å². The summed E-state index contributed by atoms with van der Waals surface area (Å²) in [7, 11) is 0. The van der Waals surface area contributed by atoms with Crippen LogP contribution in [0, 0.1) is 11.3 Å². The van der Waals surface area contributed by atoms with Crippen LogP contribution in [0.5, 0.6) is 0 Å². The number of hydrogen-bond acceptors (Lipinski definition) is 4. The molecule has 2 aromatic rings. The number of nitriles is 1. The van der Waals surface area contributed by atoms with Gasteiger partial charge in [0, 0.05) is 5.56 Å². The van der Waals surface area contributed by atoms with Crippen LogP contribution >= 0.6 is 0 Å². The zero-order chi connectivity index (χ0) is 13.4. The second kappa shape index (κ2) is 5.54. The van der Waals surface area contributed by atoms with E-state index in [-0.39, 0.29) is 24.8 Å². The van der Waals surface area contributed by atoms with Gasteiger partial charge in [-0.05, 0) is 36.5 Å². The minimum atomic E-state index is -1.20. The SMILES string of the molecule is N#Cc1ccc(C2CC2)c(-c2cnc(C(=O)O)o2)c1.[LiH]. The van der Waals surface area contributed by atoms with Gasteiger partial charge in [0.1, 0.15) is 0 Å². The quantitative estimate of drug-likeness (QED) is 0.856. The van der Waals surface area contributed by atoms with Crippen LogP contribution in [-0.2, 0) is 0 Å². The normalized spacial score (nSPS) is 13.3. The number of aromatic carboxylic acids is 1. The van der Waals surface area contributed by atoms with Gasteiger partial charge < -0.3 is 9.52 Å². The van der Waals surface area contributed by atoms with Gasteiger partial charge in [0.05, 0.1) is 17.8 Å². The van der Waals surface area contributed by atoms with Crippen LogP contribution in [-0.4, -0.2) is 34.9 Å². The summed E-state index contributed by atoms with van der Waals surface area (Å²) >= 11 is 0. The molecule has 0 unspecified atom stereocenters. The van der Waals surface area contributed by atoms with Crippen LogP contribution in [0.4, 0.5) is 0 Å². The molecule has 1 aromatic heterocycles. The van der Waals surface area contributed by atoms with Crippen molar-refractivity contribution in [2.45, 2.75) is 18.8 Å². The van der Waals surface area contributed by atoms with Gasteiger partial charge in [-0.25, -0.2) is 9.78 Å². The molecule has 1 heterocycles. The summed E-state index contributed by atoms with van der Waals surface area (Å²) in [4.78, 5) is 14.5. The molecule has 1 aromatic carbocycles. The second-order valence-corrected chi connectivity index (χ2v) is 4.52. The van der Waals surface area contributed by atoms with Crippen molar-refractivity contribution >= 4 is 24.8 Å². The van der Waals surface area contributed by atoms with Crippen molar-refractivity contribution in [3.8, 4) is 17.4 Å². The molecular formula is C14H11LiN2O3. The van der Waals surface area contributed by atoms with Crippen LogP contribution < -0.4 is 0 Å². The van der Waals surface area contributed by atoms with Crippen molar-refractivity contribution in [2.24, 2.45) is 0 Å². The maximum absolute atomic E-state index is 10.8. The van der Waals surface area contributed by atoms with Gasteiger partial charge in [-0.3, -0.25) is 0 Å². The average molecular weight is 262 g/mol. The van der Waals surface area contributed by atoms with Gasteiger partial charge in [0.25, 0.3) is 0 Å². The first-order valence-electron chi connectivity index (χ1n) is 5.92. The molecule has 5 nitrogen and oxygen atoms in total. The molecular weight excluding hydrogens is 251 g/mol. The van der Waals surface area contributed by atoms with E-state index in [1.54, 1.807) is 12.1 Å². The molecule has 0 saturated heterocycles. The molecule has 1 N–H and O–H groups in total. The zero-order valence-electron chi connectivity index (χ0n) is 9.96. The van der Waals surface area contributed by atoms with Crippen molar-refractivity contribution in [3.63, 3.8) is 0 Å². The summed E-state index contributed by atoms with van der Waals surface area (Å²) in [6.45, 7) is 0. The molecule has 0 amide bonds. The zero-order valence-corrected chi connectivity index (χ0v) is 9.96. The Bertz CT molecular complexity index is 699. The summed E-state index contributed by atoms with van der Waals surface area (Å²) in [5.41, 5.74) is 2.38. The standard InChI is InChI=1S/C14H10N2O3.Li.H/c15-6-8-1-4-10(9-2-3-9)11(5-8)12-7-16-13(19-12)14(17)18;;/h1,4-5,7,9H,2-3H2,(H,17,18);;. The number of carboxylic acids is 1. The van der Waals surface area contributed by atoms with E-state index < -0.39 is 5.97 Å². The summed E-state index contributed by atoms with van der Waals surface area (Å²) in [6.07, 6.45) is 3.61. The summed E-state index contributed by atoms with van der Waals surface area (Å²) in [5.74, 6) is -0.660. The first kappa shape index (κ1) is 14.4. The molecule has 20 heavy (non-hydrogen) atoms. The average Bonchev–Trinajstić information content (AvgIpc) is 3.14. The van der Waals surface area contributed by atoms with Gasteiger partial charge in [0.2, 0.25) is 0 Å². The second-order valence-electron chi connectivity index (χ2n) is 4.52. The van der Waals surface area contributed by atoms with Crippen molar-refractivity contribution in [1.82, 2.24) is 4.98 Å². The summed E-state index contributed by atoms with van der Waals surface area (Å²) < 4.78 is 5.23. The molecule has 1 fully saturated rings. The Morgan fingerprint density at radius 3 is 2.75 bits per heavy atom. The van der Waals surface area contributed by atoms with Crippen LogP contribution in [0.1, 0.15) is 40.6 Å². The molecule has 0 aliphatic heterocycles. The van der Waals surface area contributed by atoms with Gasteiger partial charge in [0.15, 0.2) is 5.76 Å². The van der Waals surface area contributed by atoms with Gasteiger partial charge in [-0.15, -0.1) is 0 Å². The Kier molecular flexibility index (Phi) is 3.99. The fourth-order valence-electron chi connectivity index (χ4n) is 2.09. The predicted molar refractivity (Wildman–Crippen MR) is 72.7 cm³/mol. The Labute approximate surface area is 127 Å². The van der Waals surface area contributed by atoms with Gasteiger partial charge in [-0.2, -0.15) is 5.26 Å². The third-order valence-corrected chi connectivity index (χ3v) is 3.15. The monoisotopic (exact) mass is 262 g/mol. The van der Waals surface area contributed by atoms with Crippen LogP contribution in [0.3, 0.4) is 0 Å². The number of rotatable bonds is 3. The van der Waals surface area contributed by atoms with E-state index >= 15 is 0 Å². The fraction of sp³-hybridized carbons (Fsp3) is 0.214. The minimum absolute atomic E-state index is 0. The Hall–Kier alpha value is -2.01. The molecule has 1 saturated carbocycles. The van der Waals surface area contributed by atoms with Crippen LogP contribution in [0.2, 0.25) is 0 Å². The molecule has 6 heteroatoms. The third kappa shape index (κ3) is 2.62. The Balaban J connectivity index is 0.00000147. The molecule has 1 aliphatic carbocycles. The van der Waals surface area contributed by atoms with Gasteiger partial charge in [-0.1, -0.05) is 6.07 Å². The first-order chi connectivity index (χ1) is 9.19. The molecule has 96 valence electrons. The number of hydrogen-bond donors (Lipinski definition) is 1. The van der Waals surface area contributed by atoms with Crippen molar-refractivity contribution < 1.29 is 14.3 Å². The number of carboxylic acid groups (broad SMARTS) is 1. The fourth-order valence-corrected chi connectivity index (χ4v) is 2.09. The molecule has 3 rings (SSSR count). The summed E-state index contributed by atoms with van der Waals surface area (Å²) in [5, 5.41) is 17.8. The van der Waals surface area contributed by atoms with Crippen LogP contribution in [0.15, 0.2) is 28.8 Å². The van der Waals surface area contributed by atoms with E-state index in [1.165, 1.54) is 6.20 Å². The Morgan fingerprint density at radius 2 is 2.20 bits per heavy atom. The number of nitrogens with zero attached hydrogens (tertiary/aromatic N) is 2. The number of carbonyl (C=O) groups is 1. The predicted octanol–water partition coefficient (Wildman–Crippen LogP) is 2.14. The van der Waals surface area contributed by atoms with E-state index in [2.05, 4.69) is 11.1 Å². The van der Waals surface area contributed by atoms with Gasteiger partial charge >= 0.3 is 30.7 Å². The first-order valence-corrected chi connectivity index (χ1v) is 5.92. The molecule has 0 radical (unpaired) electrons. The van der Waals surface area contributed by atoms with E-state index in [9.17, 15) is 4.79 Å². The number of benzene rings is 1. The molecule has 1 aliphatic rings. The number of aromatic nitrogens is 1. The van der Waals surface area contributed by atoms with Crippen LogP contribution in [0.25, 0.3) is 11.3 Å². The number of oxazole rings is 1. The topological polar surface area (TPSA) is 87.1 Å². The van der Waals surface area contributed by atoms with E-state index in [0.29, 0.717) is 17.2 Å². The maximum atomic E-state index is 10.8. The van der Waals surface area contributed by atoms with E-state index in [4.69, 9.17) is 14.8 Å². The Morgan fingerprint density at radius 1 is 1.45 bits per heavy atom.